The molecule has 2 aromatic carbocycles. The lowest BCUT2D eigenvalue weighted by atomic mass is 10.1. The Morgan fingerprint density at radius 1 is 1.23 bits per heavy atom. The fourth-order valence-electron chi connectivity index (χ4n) is 2.53. The molecule has 7 nitrogen and oxygen atoms in total. The quantitative estimate of drug-likeness (QED) is 0.310. The normalized spacial score (nSPS) is 10.9. The molecule has 0 saturated carbocycles. The SMILES string of the molecule is COC(=O)c1cccc(Cn2c(Cl)c(/C=N\NC(=O)c3ccc(Br)cc3)sc2=O)c1. The standard InChI is InChI=1S/C20H15BrClN3O4S/c1-29-19(27)14-4-2-3-12(9-14)11-25-17(22)16(30-20(25)28)10-23-24-18(26)13-5-7-15(21)8-6-13/h2-10H,11H2,1H3,(H,24,26)/b23-10-. The third kappa shape index (κ3) is 5.24. The molecule has 154 valence electrons. The lowest BCUT2D eigenvalue weighted by Crippen LogP contribution is -2.17. The molecular formula is C20H15BrClN3O4S. The van der Waals surface area contributed by atoms with Gasteiger partial charge in [-0.15, -0.1) is 0 Å². The molecule has 1 aromatic heterocycles. The molecule has 0 aliphatic rings. The number of hydrogen-bond donors (Lipinski definition) is 1. The van der Waals surface area contributed by atoms with Crippen LogP contribution in [0.2, 0.25) is 5.15 Å². The van der Waals surface area contributed by atoms with Gasteiger partial charge >= 0.3 is 10.8 Å². The summed E-state index contributed by atoms with van der Waals surface area (Å²) in [5.74, 6) is -0.851. The zero-order valence-electron chi connectivity index (χ0n) is 15.6. The van der Waals surface area contributed by atoms with E-state index in [1.165, 1.54) is 17.9 Å². The predicted octanol–water partition coefficient (Wildman–Crippen LogP) is 3.92. The number of esters is 1. The topological polar surface area (TPSA) is 89.8 Å². The highest BCUT2D eigenvalue weighted by atomic mass is 79.9. The van der Waals surface area contributed by atoms with Gasteiger partial charge in [-0.25, -0.2) is 10.2 Å². The zero-order chi connectivity index (χ0) is 21.7. The van der Waals surface area contributed by atoms with Gasteiger partial charge in [-0.05, 0) is 42.0 Å². The number of carbonyl (C=O) groups is 2. The number of hydrazone groups is 1. The second-order valence-electron chi connectivity index (χ2n) is 6.01. The van der Waals surface area contributed by atoms with Crippen LogP contribution >= 0.6 is 38.9 Å². The van der Waals surface area contributed by atoms with Crippen molar-refractivity contribution in [3.05, 3.63) is 89.4 Å². The maximum Gasteiger partial charge on any atom is 0.337 e. The van der Waals surface area contributed by atoms with Gasteiger partial charge in [-0.2, -0.15) is 5.10 Å². The van der Waals surface area contributed by atoms with E-state index in [9.17, 15) is 14.4 Å². The Hall–Kier alpha value is -2.75. The Morgan fingerprint density at radius 3 is 2.67 bits per heavy atom. The molecule has 1 N–H and O–H groups in total. The number of amides is 1. The number of benzene rings is 2. The van der Waals surface area contributed by atoms with E-state index in [0.717, 1.165) is 15.8 Å². The monoisotopic (exact) mass is 507 g/mol. The van der Waals surface area contributed by atoms with Gasteiger partial charge in [0.05, 0.1) is 30.3 Å². The van der Waals surface area contributed by atoms with Gasteiger partial charge in [0.15, 0.2) is 0 Å². The molecule has 10 heteroatoms. The Labute approximate surface area is 189 Å². The Kier molecular flexibility index (Phi) is 7.20. The summed E-state index contributed by atoms with van der Waals surface area (Å²) >= 11 is 10.5. The highest BCUT2D eigenvalue weighted by Gasteiger charge is 2.13. The predicted molar refractivity (Wildman–Crippen MR) is 120 cm³/mol. The largest absolute Gasteiger partial charge is 0.465 e. The van der Waals surface area contributed by atoms with Crippen LogP contribution in [-0.4, -0.2) is 29.8 Å². The molecule has 1 heterocycles. The van der Waals surface area contributed by atoms with Crippen molar-refractivity contribution < 1.29 is 14.3 Å². The third-order valence-corrected chi connectivity index (χ3v) is 5.96. The molecular weight excluding hydrogens is 494 g/mol. The number of methoxy groups -OCH3 is 1. The summed E-state index contributed by atoms with van der Waals surface area (Å²) < 4.78 is 6.93. The van der Waals surface area contributed by atoms with Crippen LogP contribution in [0.5, 0.6) is 0 Å². The van der Waals surface area contributed by atoms with Crippen LogP contribution in [0.25, 0.3) is 0 Å². The molecule has 0 radical (unpaired) electrons. The van der Waals surface area contributed by atoms with Gasteiger partial charge in [-0.1, -0.05) is 51.0 Å². The highest BCUT2D eigenvalue weighted by molar-refractivity contribution is 9.10. The Morgan fingerprint density at radius 2 is 1.97 bits per heavy atom. The summed E-state index contributed by atoms with van der Waals surface area (Å²) in [6.07, 6.45) is 1.33. The van der Waals surface area contributed by atoms with Crippen LogP contribution in [0.15, 0.2) is 62.9 Å². The fraction of sp³-hybridized carbons (Fsp3) is 0.100. The smallest absolute Gasteiger partial charge is 0.337 e. The van der Waals surface area contributed by atoms with E-state index in [4.69, 9.17) is 16.3 Å². The molecule has 0 aliphatic carbocycles. The molecule has 30 heavy (non-hydrogen) atoms. The summed E-state index contributed by atoms with van der Waals surface area (Å²) in [6.45, 7) is 0.179. The van der Waals surface area contributed by atoms with Gasteiger partial charge in [0.1, 0.15) is 5.15 Å². The third-order valence-electron chi connectivity index (χ3n) is 4.00. The number of nitrogens with one attached hydrogen (secondary N) is 1. The molecule has 0 unspecified atom stereocenters. The first-order valence-electron chi connectivity index (χ1n) is 8.54. The van der Waals surface area contributed by atoms with Crippen molar-refractivity contribution in [3.63, 3.8) is 0 Å². The van der Waals surface area contributed by atoms with Crippen molar-refractivity contribution in [3.8, 4) is 0 Å². The Balaban J connectivity index is 1.73. The van der Waals surface area contributed by atoms with Crippen LogP contribution in [0.1, 0.15) is 31.2 Å². The van der Waals surface area contributed by atoms with Gasteiger partial charge in [0, 0.05) is 10.0 Å². The first-order chi connectivity index (χ1) is 14.4. The second-order valence-corrected chi connectivity index (χ2v) is 8.27. The molecule has 3 rings (SSSR count). The van der Waals surface area contributed by atoms with E-state index < -0.39 is 5.97 Å². The molecule has 1 amide bonds. The van der Waals surface area contributed by atoms with E-state index in [2.05, 4.69) is 26.5 Å². The van der Waals surface area contributed by atoms with Crippen LogP contribution < -0.4 is 10.3 Å². The number of halogens is 2. The van der Waals surface area contributed by atoms with Crippen molar-refractivity contribution in [1.82, 2.24) is 9.99 Å². The number of thiazole rings is 1. The van der Waals surface area contributed by atoms with Crippen molar-refractivity contribution in [2.45, 2.75) is 6.54 Å². The van der Waals surface area contributed by atoms with Crippen LogP contribution in [0, 0.1) is 0 Å². The van der Waals surface area contributed by atoms with E-state index in [-0.39, 0.29) is 22.5 Å². The fourth-order valence-corrected chi connectivity index (χ4v) is 3.90. The van der Waals surface area contributed by atoms with Crippen LogP contribution in [-0.2, 0) is 11.3 Å². The number of aromatic nitrogens is 1. The van der Waals surface area contributed by atoms with Gasteiger partial charge in [0.2, 0.25) is 0 Å². The number of rotatable bonds is 6. The minimum Gasteiger partial charge on any atom is -0.465 e. The minimum atomic E-state index is -0.463. The van der Waals surface area contributed by atoms with Crippen molar-refractivity contribution in [1.29, 1.82) is 0 Å². The van der Waals surface area contributed by atoms with Crippen LogP contribution in [0.4, 0.5) is 0 Å². The summed E-state index contributed by atoms with van der Waals surface area (Å²) in [7, 11) is 1.30. The lowest BCUT2D eigenvalue weighted by Gasteiger charge is -2.06. The minimum absolute atomic E-state index is 0.179. The number of ether oxygens (including phenoxy) is 1. The van der Waals surface area contributed by atoms with E-state index in [1.807, 2.05) is 0 Å². The van der Waals surface area contributed by atoms with E-state index >= 15 is 0 Å². The van der Waals surface area contributed by atoms with Gasteiger partial charge < -0.3 is 4.74 Å². The summed E-state index contributed by atoms with van der Waals surface area (Å²) in [5.41, 5.74) is 3.94. The van der Waals surface area contributed by atoms with Crippen molar-refractivity contribution in [2.75, 3.05) is 7.11 Å². The van der Waals surface area contributed by atoms with E-state index in [0.29, 0.717) is 21.6 Å². The van der Waals surface area contributed by atoms with Crippen molar-refractivity contribution in [2.24, 2.45) is 5.10 Å². The van der Waals surface area contributed by atoms with Crippen LogP contribution in [0.3, 0.4) is 0 Å². The molecule has 0 aliphatic heterocycles. The van der Waals surface area contributed by atoms with E-state index in [1.54, 1.807) is 48.5 Å². The van der Waals surface area contributed by atoms with Gasteiger partial charge in [-0.3, -0.25) is 14.2 Å². The van der Waals surface area contributed by atoms with Crippen molar-refractivity contribution >= 4 is 57.0 Å². The maximum absolute atomic E-state index is 12.3. The summed E-state index contributed by atoms with van der Waals surface area (Å²) in [6, 6.07) is 13.5. The average molecular weight is 509 g/mol. The molecule has 0 saturated heterocycles. The number of carbonyl (C=O) groups excluding carboxylic acids is 2. The average Bonchev–Trinajstić information content (AvgIpc) is 3.01. The second kappa shape index (κ2) is 9.84. The number of nitrogens with zero attached hydrogens (tertiary/aromatic N) is 2. The molecule has 0 bridgehead atoms. The summed E-state index contributed by atoms with van der Waals surface area (Å²) in [5, 5.41) is 4.08. The number of hydrogen-bond acceptors (Lipinski definition) is 6. The molecule has 0 fully saturated rings. The lowest BCUT2D eigenvalue weighted by molar-refractivity contribution is 0.0600. The summed E-state index contributed by atoms with van der Waals surface area (Å²) in [4.78, 5) is 36.2. The van der Waals surface area contributed by atoms with Gasteiger partial charge in [0.25, 0.3) is 5.91 Å². The Bertz CT molecular complexity index is 1170. The first-order valence-corrected chi connectivity index (χ1v) is 10.5. The molecule has 0 atom stereocenters. The highest BCUT2D eigenvalue weighted by Crippen LogP contribution is 2.19. The molecule has 3 aromatic rings. The zero-order valence-corrected chi connectivity index (χ0v) is 18.8. The molecule has 0 spiro atoms. The first kappa shape index (κ1) is 21.9. The maximum atomic E-state index is 12.3.